The number of hydrogen-bond donors (Lipinski definition) is 1. The fraction of sp³-hybridized carbons (Fsp3) is 0.933. The van der Waals surface area contributed by atoms with Gasteiger partial charge in [-0.05, 0) is 31.6 Å². The highest BCUT2D eigenvalue weighted by atomic mass is 32.2. The van der Waals surface area contributed by atoms with E-state index in [1.165, 1.54) is 25.7 Å². The number of carbonyl (C=O) groups excluding carboxylic acids is 1. The maximum atomic E-state index is 11.5. The smallest absolute Gasteiger partial charge is 0.323 e. The molecule has 0 spiro atoms. The summed E-state index contributed by atoms with van der Waals surface area (Å²) in [7, 11) is 0. The van der Waals surface area contributed by atoms with Crippen molar-refractivity contribution in [2.75, 3.05) is 12.4 Å². The van der Waals surface area contributed by atoms with Crippen LogP contribution >= 0.6 is 11.8 Å². The standard InChI is InChI=1S/C15H29NO2S/c1-5-18-14(17)13(16)10-19-15(3,4)12-8-6-11(2)7-9-12/h11-13H,5-10,16H2,1-4H3/t11?,12?,13-/m0/s1. The molecule has 4 heteroatoms. The quantitative estimate of drug-likeness (QED) is 0.762. The Morgan fingerprint density at radius 3 is 2.47 bits per heavy atom. The lowest BCUT2D eigenvalue weighted by Crippen LogP contribution is -2.38. The van der Waals surface area contributed by atoms with Crippen LogP contribution in [0, 0.1) is 11.8 Å². The topological polar surface area (TPSA) is 52.3 Å². The van der Waals surface area contributed by atoms with Gasteiger partial charge >= 0.3 is 5.97 Å². The number of nitrogens with two attached hydrogens (primary N) is 1. The Bertz CT molecular complexity index is 286. The molecule has 19 heavy (non-hydrogen) atoms. The van der Waals surface area contributed by atoms with Gasteiger partial charge in [-0.15, -0.1) is 0 Å². The molecule has 1 rings (SSSR count). The van der Waals surface area contributed by atoms with Crippen LogP contribution in [0.4, 0.5) is 0 Å². The van der Waals surface area contributed by atoms with Gasteiger partial charge in [0.2, 0.25) is 0 Å². The highest BCUT2D eigenvalue weighted by Gasteiger charge is 2.33. The van der Waals surface area contributed by atoms with Crippen LogP contribution in [0.5, 0.6) is 0 Å². The first kappa shape index (κ1) is 16.8. The first-order valence-electron chi connectivity index (χ1n) is 7.43. The van der Waals surface area contributed by atoms with Crippen molar-refractivity contribution < 1.29 is 9.53 Å². The monoisotopic (exact) mass is 287 g/mol. The Balaban J connectivity index is 2.39. The molecule has 1 atom stereocenters. The second-order valence-electron chi connectivity index (χ2n) is 6.23. The number of hydrogen-bond acceptors (Lipinski definition) is 4. The fourth-order valence-electron chi connectivity index (χ4n) is 2.70. The first-order valence-corrected chi connectivity index (χ1v) is 8.41. The van der Waals surface area contributed by atoms with E-state index in [0.29, 0.717) is 12.4 Å². The van der Waals surface area contributed by atoms with Crippen LogP contribution < -0.4 is 5.73 Å². The van der Waals surface area contributed by atoms with Crippen molar-refractivity contribution in [3.63, 3.8) is 0 Å². The Kier molecular flexibility index (Phi) is 6.67. The van der Waals surface area contributed by atoms with E-state index in [0.717, 1.165) is 11.8 Å². The van der Waals surface area contributed by atoms with Gasteiger partial charge in [0.25, 0.3) is 0 Å². The number of esters is 1. The molecule has 0 aliphatic heterocycles. The lowest BCUT2D eigenvalue weighted by molar-refractivity contribution is -0.144. The maximum absolute atomic E-state index is 11.5. The number of carbonyl (C=O) groups is 1. The van der Waals surface area contributed by atoms with Crippen LogP contribution in [0.25, 0.3) is 0 Å². The highest BCUT2D eigenvalue weighted by Crippen LogP contribution is 2.42. The van der Waals surface area contributed by atoms with E-state index in [9.17, 15) is 4.79 Å². The van der Waals surface area contributed by atoms with Gasteiger partial charge in [-0.25, -0.2) is 0 Å². The van der Waals surface area contributed by atoms with Gasteiger partial charge in [-0.1, -0.05) is 33.6 Å². The number of ether oxygens (including phenoxy) is 1. The molecule has 2 N–H and O–H groups in total. The Morgan fingerprint density at radius 1 is 1.37 bits per heavy atom. The lowest BCUT2D eigenvalue weighted by atomic mass is 9.77. The van der Waals surface area contributed by atoms with Crippen molar-refractivity contribution >= 4 is 17.7 Å². The molecule has 0 radical (unpaired) electrons. The largest absolute Gasteiger partial charge is 0.465 e. The van der Waals surface area contributed by atoms with Gasteiger partial charge in [0, 0.05) is 10.5 Å². The van der Waals surface area contributed by atoms with Gasteiger partial charge in [-0.2, -0.15) is 11.8 Å². The summed E-state index contributed by atoms with van der Waals surface area (Å²) >= 11 is 1.82. The molecule has 0 aromatic carbocycles. The molecule has 0 aromatic heterocycles. The molecule has 1 aliphatic carbocycles. The average Bonchev–Trinajstić information content (AvgIpc) is 2.37. The molecular weight excluding hydrogens is 258 g/mol. The summed E-state index contributed by atoms with van der Waals surface area (Å²) in [5.74, 6) is 1.99. The fourth-order valence-corrected chi connectivity index (χ4v) is 3.91. The third-order valence-corrected chi connectivity index (χ3v) is 5.83. The van der Waals surface area contributed by atoms with Gasteiger partial charge in [-0.3, -0.25) is 4.79 Å². The van der Waals surface area contributed by atoms with E-state index in [1.54, 1.807) is 0 Å². The number of thioether (sulfide) groups is 1. The van der Waals surface area contributed by atoms with E-state index in [1.807, 2.05) is 18.7 Å². The SMILES string of the molecule is CCOC(=O)[C@@H](N)CSC(C)(C)C1CCC(C)CC1. The van der Waals surface area contributed by atoms with Crippen molar-refractivity contribution in [1.82, 2.24) is 0 Å². The van der Waals surface area contributed by atoms with Gasteiger partial charge in [0.05, 0.1) is 6.61 Å². The normalized spacial score (nSPS) is 25.9. The van der Waals surface area contributed by atoms with Crippen molar-refractivity contribution in [2.24, 2.45) is 17.6 Å². The summed E-state index contributed by atoms with van der Waals surface area (Å²) in [6.07, 6.45) is 5.27. The average molecular weight is 287 g/mol. The molecule has 0 saturated heterocycles. The zero-order valence-electron chi connectivity index (χ0n) is 12.8. The van der Waals surface area contributed by atoms with Crippen LogP contribution in [0.1, 0.15) is 53.4 Å². The Hall–Kier alpha value is -0.220. The van der Waals surface area contributed by atoms with E-state index in [4.69, 9.17) is 10.5 Å². The second kappa shape index (κ2) is 7.53. The molecule has 0 aromatic rings. The van der Waals surface area contributed by atoms with Crippen LogP contribution in [0.15, 0.2) is 0 Å². The minimum atomic E-state index is -0.494. The molecule has 1 fully saturated rings. The van der Waals surface area contributed by atoms with Gasteiger partial charge in [0.1, 0.15) is 6.04 Å². The van der Waals surface area contributed by atoms with Crippen molar-refractivity contribution in [1.29, 1.82) is 0 Å². The minimum Gasteiger partial charge on any atom is -0.465 e. The molecule has 0 amide bonds. The molecule has 112 valence electrons. The van der Waals surface area contributed by atoms with E-state index >= 15 is 0 Å². The Labute approximate surface area is 122 Å². The van der Waals surface area contributed by atoms with Crippen LogP contribution in [0.3, 0.4) is 0 Å². The lowest BCUT2D eigenvalue weighted by Gasteiger charge is -2.38. The zero-order chi connectivity index (χ0) is 14.5. The second-order valence-corrected chi connectivity index (χ2v) is 7.90. The van der Waals surface area contributed by atoms with Crippen LogP contribution in [-0.4, -0.2) is 29.1 Å². The summed E-state index contributed by atoms with van der Waals surface area (Å²) in [5, 5.41) is 0. The summed E-state index contributed by atoms with van der Waals surface area (Å²) in [4.78, 5) is 11.5. The predicted molar refractivity (Wildman–Crippen MR) is 82.3 cm³/mol. The summed E-state index contributed by atoms with van der Waals surface area (Å²) in [6.45, 7) is 9.13. The third-order valence-electron chi connectivity index (χ3n) is 4.22. The van der Waals surface area contributed by atoms with E-state index < -0.39 is 6.04 Å². The van der Waals surface area contributed by atoms with Crippen molar-refractivity contribution in [3.8, 4) is 0 Å². The molecule has 0 bridgehead atoms. The summed E-state index contributed by atoms with van der Waals surface area (Å²) in [6, 6.07) is -0.494. The number of rotatable bonds is 6. The first-order chi connectivity index (χ1) is 8.86. The zero-order valence-corrected chi connectivity index (χ0v) is 13.6. The molecule has 0 heterocycles. The predicted octanol–water partition coefficient (Wildman–Crippen LogP) is 3.21. The molecule has 0 unspecified atom stereocenters. The van der Waals surface area contributed by atoms with Crippen molar-refractivity contribution in [2.45, 2.75) is 64.2 Å². The summed E-state index contributed by atoms with van der Waals surface area (Å²) < 4.78 is 5.15. The minimum absolute atomic E-state index is 0.199. The maximum Gasteiger partial charge on any atom is 0.323 e. The van der Waals surface area contributed by atoms with Gasteiger partial charge in [0.15, 0.2) is 0 Å². The molecular formula is C15H29NO2S. The Morgan fingerprint density at radius 2 is 1.95 bits per heavy atom. The van der Waals surface area contributed by atoms with Crippen LogP contribution in [0.2, 0.25) is 0 Å². The summed E-state index contributed by atoms with van der Waals surface area (Å²) in [5.41, 5.74) is 5.87. The van der Waals surface area contributed by atoms with Gasteiger partial charge < -0.3 is 10.5 Å². The molecule has 3 nitrogen and oxygen atoms in total. The molecule has 1 saturated carbocycles. The van der Waals surface area contributed by atoms with E-state index in [2.05, 4.69) is 20.8 Å². The highest BCUT2D eigenvalue weighted by molar-refractivity contribution is 8.00. The molecule has 1 aliphatic rings. The van der Waals surface area contributed by atoms with E-state index in [-0.39, 0.29) is 10.7 Å². The van der Waals surface area contributed by atoms with Crippen molar-refractivity contribution in [3.05, 3.63) is 0 Å². The third kappa shape index (κ3) is 5.35. The van der Waals surface area contributed by atoms with Crippen LogP contribution in [-0.2, 0) is 9.53 Å².